The molecule has 1 amide bonds. The fourth-order valence-corrected chi connectivity index (χ4v) is 3.29. The van der Waals surface area contributed by atoms with Crippen molar-refractivity contribution >= 4 is 41.2 Å². The normalized spacial score (nSPS) is 10.5. The average molecular weight is 399 g/mol. The Balaban J connectivity index is 1.91. The van der Waals surface area contributed by atoms with E-state index in [-0.39, 0.29) is 5.91 Å². The van der Waals surface area contributed by atoms with Crippen LogP contribution in [-0.2, 0) is 0 Å². The largest absolute Gasteiger partial charge is 0.298 e. The molecule has 0 aliphatic heterocycles. The first-order chi connectivity index (χ1) is 12.9. The molecule has 0 fully saturated rings. The lowest BCUT2D eigenvalue weighted by atomic mass is 10.0. The number of nitrogens with zero attached hydrogens (tertiary/aromatic N) is 2. The monoisotopic (exact) mass is 398 g/mol. The Morgan fingerprint density at radius 3 is 2.48 bits per heavy atom. The molecule has 0 saturated heterocycles. The van der Waals surface area contributed by atoms with Crippen molar-refractivity contribution in [1.29, 1.82) is 0 Å². The van der Waals surface area contributed by atoms with E-state index in [9.17, 15) is 9.59 Å². The molecule has 0 saturated carbocycles. The number of halogens is 2. The van der Waals surface area contributed by atoms with Crippen LogP contribution in [0.1, 0.15) is 26.3 Å². The molecule has 6 heteroatoms. The fourth-order valence-electron chi connectivity index (χ4n) is 2.76. The summed E-state index contributed by atoms with van der Waals surface area (Å²) in [5.41, 5.74) is 3.24. The van der Waals surface area contributed by atoms with Crippen molar-refractivity contribution in [1.82, 2.24) is 4.98 Å². The molecule has 1 heterocycles. The number of rotatable bonds is 4. The van der Waals surface area contributed by atoms with Crippen LogP contribution in [0.25, 0.3) is 11.1 Å². The van der Waals surface area contributed by atoms with Gasteiger partial charge < -0.3 is 0 Å². The molecule has 0 bridgehead atoms. The van der Waals surface area contributed by atoms with Gasteiger partial charge >= 0.3 is 0 Å². The number of amides is 1. The summed E-state index contributed by atoms with van der Waals surface area (Å²) in [5.74, 6) is 0.241. The first-order valence-corrected chi connectivity index (χ1v) is 8.92. The highest BCUT2D eigenvalue weighted by Gasteiger charge is 2.19. The van der Waals surface area contributed by atoms with E-state index in [0.29, 0.717) is 32.6 Å². The van der Waals surface area contributed by atoms with Gasteiger partial charge in [-0.25, -0.2) is 4.98 Å². The standard InChI is InChI=1S/C21H16Cl2N2O2/c1-13-4-3-5-18(23)20(13)21(27)25(2)19-9-7-15(11-24-19)16-10-14(12-26)6-8-17(16)22/h3-12H,1-2H3. The molecular formula is C21H16Cl2N2O2. The van der Waals surface area contributed by atoms with Crippen molar-refractivity contribution in [3.05, 3.63) is 81.5 Å². The quantitative estimate of drug-likeness (QED) is 0.548. The number of benzene rings is 2. The van der Waals surface area contributed by atoms with Crippen molar-refractivity contribution in [3.63, 3.8) is 0 Å². The molecule has 1 aromatic heterocycles. The number of pyridine rings is 1. The van der Waals surface area contributed by atoms with E-state index in [1.807, 2.05) is 13.0 Å². The summed E-state index contributed by atoms with van der Waals surface area (Å²) in [6.45, 7) is 1.84. The second-order valence-corrected chi connectivity index (χ2v) is 6.87. The SMILES string of the molecule is Cc1cccc(Cl)c1C(=O)N(C)c1ccc(-c2cc(C=O)ccc2Cl)cn1. The van der Waals surface area contributed by atoms with E-state index >= 15 is 0 Å². The molecule has 3 aromatic rings. The van der Waals surface area contributed by atoms with Gasteiger partial charge in [0.1, 0.15) is 12.1 Å². The van der Waals surface area contributed by atoms with Crippen molar-refractivity contribution in [2.24, 2.45) is 0 Å². The number of aromatic nitrogens is 1. The summed E-state index contributed by atoms with van der Waals surface area (Å²) in [6.07, 6.45) is 2.38. The molecule has 136 valence electrons. The minimum absolute atomic E-state index is 0.237. The summed E-state index contributed by atoms with van der Waals surface area (Å²) in [6, 6.07) is 13.9. The van der Waals surface area contributed by atoms with E-state index in [4.69, 9.17) is 23.2 Å². The van der Waals surface area contributed by atoms with Crippen LogP contribution in [0, 0.1) is 6.92 Å². The van der Waals surface area contributed by atoms with Gasteiger partial charge in [0.05, 0.1) is 10.6 Å². The second-order valence-electron chi connectivity index (χ2n) is 6.06. The van der Waals surface area contributed by atoms with Crippen LogP contribution >= 0.6 is 23.2 Å². The Labute approximate surface area is 167 Å². The van der Waals surface area contributed by atoms with Crippen LogP contribution < -0.4 is 4.90 Å². The number of aldehydes is 1. The lowest BCUT2D eigenvalue weighted by Gasteiger charge is -2.18. The molecule has 0 unspecified atom stereocenters. The Bertz CT molecular complexity index is 997. The van der Waals surface area contributed by atoms with E-state index in [1.54, 1.807) is 55.7 Å². The topological polar surface area (TPSA) is 50.3 Å². The summed E-state index contributed by atoms with van der Waals surface area (Å²) in [5, 5.41) is 0.923. The maximum absolute atomic E-state index is 12.8. The maximum Gasteiger partial charge on any atom is 0.260 e. The maximum atomic E-state index is 12.8. The molecule has 0 N–H and O–H groups in total. The van der Waals surface area contributed by atoms with Crippen LogP contribution in [0.5, 0.6) is 0 Å². The Morgan fingerprint density at radius 1 is 1.07 bits per heavy atom. The highest BCUT2D eigenvalue weighted by Crippen LogP contribution is 2.29. The number of anilines is 1. The molecule has 0 aliphatic rings. The predicted molar refractivity (Wildman–Crippen MR) is 109 cm³/mol. The molecule has 3 rings (SSSR count). The van der Waals surface area contributed by atoms with Crippen LogP contribution in [0.4, 0.5) is 5.82 Å². The van der Waals surface area contributed by atoms with Gasteiger partial charge in [0.25, 0.3) is 5.91 Å². The van der Waals surface area contributed by atoms with Gasteiger partial charge in [-0.05, 0) is 42.8 Å². The number of carbonyl (C=O) groups excluding carboxylic acids is 2. The summed E-state index contributed by atoms with van der Waals surface area (Å²) >= 11 is 12.4. The first kappa shape index (κ1) is 19.1. The Hall–Kier alpha value is -2.69. The molecule has 4 nitrogen and oxygen atoms in total. The van der Waals surface area contributed by atoms with Crippen molar-refractivity contribution in [3.8, 4) is 11.1 Å². The van der Waals surface area contributed by atoms with Gasteiger partial charge in [0.15, 0.2) is 0 Å². The van der Waals surface area contributed by atoms with E-state index in [1.165, 1.54) is 4.90 Å². The van der Waals surface area contributed by atoms with Gasteiger partial charge in [0, 0.05) is 35.0 Å². The Kier molecular flexibility index (Phi) is 5.59. The zero-order chi connectivity index (χ0) is 19.6. The molecule has 0 radical (unpaired) electrons. The lowest BCUT2D eigenvalue weighted by molar-refractivity contribution is 0.0991. The summed E-state index contributed by atoms with van der Waals surface area (Å²) in [4.78, 5) is 29.6. The number of hydrogen-bond acceptors (Lipinski definition) is 3. The van der Waals surface area contributed by atoms with Crippen LogP contribution in [-0.4, -0.2) is 24.2 Å². The number of hydrogen-bond donors (Lipinski definition) is 0. The zero-order valence-corrected chi connectivity index (χ0v) is 16.3. The van der Waals surface area contributed by atoms with Gasteiger partial charge in [-0.2, -0.15) is 0 Å². The van der Waals surface area contributed by atoms with E-state index < -0.39 is 0 Å². The third-order valence-electron chi connectivity index (χ3n) is 4.27. The first-order valence-electron chi connectivity index (χ1n) is 8.16. The van der Waals surface area contributed by atoms with E-state index in [0.717, 1.165) is 17.4 Å². The highest BCUT2D eigenvalue weighted by molar-refractivity contribution is 6.35. The zero-order valence-electron chi connectivity index (χ0n) is 14.7. The molecule has 0 atom stereocenters. The summed E-state index contributed by atoms with van der Waals surface area (Å²) in [7, 11) is 1.65. The number of carbonyl (C=O) groups is 2. The minimum atomic E-state index is -0.237. The smallest absolute Gasteiger partial charge is 0.260 e. The van der Waals surface area contributed by atoms with Gasteiger partial charge in [-0.1, -0.05) is 41.4 Å². The van der Waals surface area contributed by atoms with Crippen LogP contribution in [0.2, 0.25) is 10.0 Å². The van der Waals surface area contributed by atoms with E-state index in [2.05, 4.69) is 4.98 Å². The minimum Gasteiger partial charge on any atom is -0.298 e. The molecule has 0 spiro atoms. The fraction of sp³-hybridized carbons (Fsp3) is 0.0952. The molecule has 2 aromatic carbocycles. The third kappa shape index (κ3) is 3.87. The Morgan fingerprint density at radius 2 is 1.85 bits per heavy atom. The van der Waals surface area contributed by atoms with Crippen molar-refractivity contribution in [2.45, 2.75) is 6.92 Å². The van der Waals surface area contributed by atoms with Gasteiger partial charge in [-0.3, -0.25) is 14.5 Å². The second kappa shape index (κ2) is 7.91. The predicted octanol–water partition coefficient (Wildman–Crippen LogP) is 5.45. The molecule has 27 heavy (non-hydrogen) atoms. The van der Waals surface area contributed by atoms with Crippen molar-refractivity contribution in [2.75, 3.05) is 11.9 Å². The van der Waals surface area contributed by atoms with Crippen LogP contribution in [0.15, 0.2) is 54.7 Å². The van der Waals surface area contributed by atoms with Crippen LogP contribution in [0.3, 0.4) is 0 Å². The lowest BCUT2D eigenvalue weighted by Crippen LogP contribution is -2.28. The van der Waals surface area contributed by atoms with Gasteiger partial charge in [0.2, 0.25) is 0 Å². The third-order valence-corrected chi connectivity index (χ3v) is 4.91. The van der Waals surface area contributed by atoms with Crippen molar-refractivity contribution < 1.29 is 9.59 Å². The summed E-state index contributed by atoms with van der Waals surface area (Å²) < 4.78 is 0. The van der Waals surface area contributed by atoms with Gasteiger partial charge in [-0.15, -0.1) is 0 Å². The highest BCUT2D eigenvalue weighted by atomic mass is 35.5. The number of aryl methyl sites for hydroxylation is 1. The molecular weight excluding hydrogens is 383 g/mol. The molecule has 0 aliphatic carbocycles. The average Bonchev–Trinajstić information content (AvgIpc) is 2.67.